The van der Waals surface area contributed by atoms with Crippen molar-refractivity contribution in [1.82, 2.24) is 9.97 Å². The van der Waals surface area contributed by atoms with Crippen molar-refractivity contribution in [2.45, 2.75) is 18.1 Å². The summed E-state index contributed by atoms with van der Waals surface area (Å²) >= 11 is 16.6. The standard InChI is InChI=1S/C23H18Cl3F2N5O4/c24-18-6-5-16(19(25)32-18)22(36)31-17-9-12(10-29-20(17)33-8-7-14(34)11-33)21(35)30-13-1-3-15(4-2-13)37-23(26,27)28/h1-6,9-10,14,34H,7-8,11H2,(H,30,35)(H,31,36)/t14-/m1/s1. The van der Waals surface area contributed by atoms with Crippen molar-refractivity contribution in [1.29, 1.82) is 0 Å². The molecule has 0 radical (unpaired) electrons. The molecule has 0 aliphatic carbocycles. The number of aliphatic hydroxyl groups is 1. The first-order valence-electron chi connectivity index (χ1n) is 10.7. The van der Waals surface area contributed by atoms with E-state index in [2.05, 4.69) is 25.3 Å². The minimum Gasteiger partial charge on any atom is -0.420 e. The van der Waals surface area contributed by atoms with Gasteiger partial charge in [0.15, 0.2) is 5.82 Å². The van der Waals surface area contributed by atoms with E-state index < -0.39 is 23.5 Å². The number of pyridine rings is 2. The fourth-order valence-corrected chi connectivity index (χ4v) is 4.09. The van der Waals surface area contributed by atoms with Crippen molar-refractivity contribution >= 4 is 63.8 Å². The van der Waals surface area contributed by atoms with Gasteiger partial charge < -0.3 is 25.4 Å². The number of benzene rings is 1. The molecule has 0 bridgehead atoms. The zero-order valence-electron chi connectivity index (χ0n) is 18.7. The number of rotatable bonds is 7. The van der Waals surface area contributed by atoms with Gasteiger partial charge in [0.05, 0.1) is 22.9 Å². The maximum Gasteiger partial charge on any atom is 0.487 e. The van der Waals surface area contributed by atoms with Gasteiger partial charge in [-0.05, 0) is 48.9 Å². The van der Waals surface area contributed by atoms with Gasteiger partial charge in [0, 0.05) is 36.6 Å². The summed E-state index contributed by atoms with van der Waals surface area (Å²) in [6.07, 6.45) is 1.27. The molecule has 0 spiro atoms. The van der Waals surface area contributed by atoms with Crippen molar-refractivity contribution in [3.05, 3.63) is 70.1 Å². The number of ether oxygens (including phenoxy) is 1. The second-order valence-electron chi connectivity index (χ2n) is 7.94. The molecule has 9 nitrogen and oxygen atoms in total. The second kappa shape index (κ2) is 11.0. The highest BCUT2D eigenvalue weighted by Crippen LogP contribution is 2.30. The summed E-state index contributed by atoms with van der Waals surface area (Å²) in [4.78, 5) is 35.8. The molecule has 1 aliphatic rings. The van der Waals surface area contributed by atoms with Crippen LogP contribution in [0.3, 0.4) is 0 Å². The fourth-order valence-electron chi connectivity index (χ4n) is 3.57. The number of alkyl halides is 3. The van der Waals surface area contributed by atoms with Crippen LogP contribution in [0.4, 0.5) is 26.0 Å². The van der Waals surface area contributed by atoms with E-state index in [1.807, 2.05) is 0 Å². The van der Waals surface area contributed by atoms with Crippen LogP contribution in [0.2, 0.25) is 10.3 Å². The van der Waals surface area contributed by atoms with Crippen molar-refractivity contribution < 1.29 is 28.2 Å². The molecular weight excluding hydrogens is 555 g/mol. The highest BCUT2D eigenvalue weighted by atomic mass is 35.5. The Labute approximate surface area is 224 Å². The Hall–Kier alpha value is -3.25. The average Bonchev–Trinajstić information content (AvgIpc) is 3.25. The van der Waals surface area contributed by atoms with Gasteiger partial charge in [-0.1, -0.05) is 23.2 Å². The third kappa shape index (κ3) is 6.95. The minimum atomic E-state index is -3.86. The van der Waals surface area contributed by atoms with Crippen LogP contribution in [0.15, 0.2) is 48.7 Å². The molecule has 1 saturated heterocycles. The molecular formula is C23H18Cl3F2N5O4. The lowest BCUT2D eigenvalue weighted by Gasteiger charge is -2.21. The molecule has 2 aromatic heterocycles. The number of aliphatic hydroxyl groups excluding tert-OH is 1. The zero-order valence-corrected chi connectivity index (χ0v) is 21.0. The van der Waals surface area contributed by atoms with Crippen LogP contribution in [0.25, 0.3) is 0 Å². The number of β-amino-alcohol motifs (C(OH)–C–C–N with tert-alkyl or cyclic N) is 1. The molecule has 2 amide bonds. The first-order chi connectivity index (χ1) is 17.5. The monoisotopic (exact) mass is 571 g/mol. The molecule has 3 aromatic rings. The molecule has 1 atom stereocenters. The van der Waals surface area contributed by atoms with Crippen molar-refractivity contribution in [3.63, 3.8) is 0 Å². The van der Waals surface area contributed by atoms with E-state index in [0.717, 1.165) is 0 Å². The fraction of sp³-hybridized carbons (Fsp3) is 0.217. The van der Waals surface area contributed by atoms with Gasteiger partial charge >= 0.3 is 5.57 Å². The van der Waals surface area contributed by atoms with Crippen molar-refractivity contribution in [2.75, 3.05) is 28.6 Å². The maximum atomic E-state index is 12.9. The summed E-state index contributed by atoms with van der Waals surface area (Å²) in [7, 11) is 0. The van der Waals surface area contributed by atoms with E-state index in [9.17, 15) is 23.5 Å². The highest BCUT2D eigenvalue weighted by Gasteiger charge is 2.28. The average molecular weight is 573 g/mol. The molecule has 194 valence electrons. The number of hydrogen-bond donors (Lipinski definition) is 3. The van der Waals surface area contributed by atoms with Crippen LogP contribution in [0.1, 0.15) is 27.1 Å². The summed E-state index contributed by atoms with van der Waals surface area (Å²) in [6, 6.07) is 9.35. The number of hydrogen-bond acceptors (Lipinski definition) is 7. The Morgan fingerprint density at radius 1 is 1.11 bits per heavy atom. The summed E-state index contributed by atoms with van der Waals surface area (Å²) in [5.74, 6) is -1.04. The van der Waals surface area contributed by atoms with E-state index in [4.69, 9.17) is 34.8 Å². The lowest BCUT2D eigenvalue weighted by atomic mass is 10.2. The Morgan fingerprint density at radius 3 is 2.46 bits per heavy atom. The third-order valence-corrected chi connectivity index (χ3v) is 5.82. The first-order valence-corrected chi connectivity index (χ1v) is 11.9. The molecule has 0 saturated carbocycles. The Bertz CT molecular complexity index is 1320. The van der Waals surface area contributed by atoms with Crippen LogP contribution in [-0.4, -0.2) is 51.7 Å². The van der Waals surface area contributed by atoms with Crippen LogP contribution < -0.4 is 20.3 Å². The number of anilines is 3. The number of carbonyl (C=O) groups is 2. The number of carbonyl (C=O) groups excluding carboxylic acids is 2. The Morgan fingerprint density at radius 2 is 1.84 bits per heavy atom. The SMILES string of the molecule is O=C(Nc1ccc(OC(F)(F)Cl)cc1)c1cnc(N2CC[C@@H](O)C2)c(NC(=O)c2ccc(Cl)nc2Cl)c1. The molecule has 14 heteroatoms. The second-order valence-corrected chi connectivity index (χ2v) is 9.12. The van der Waals surface area contributed by atoms with E-state index in [-0.39, 0.29) is 38.6 Å². The summed E-state index contributed by atoms with van der Waals surface area (Å²) in [5.41, 5.74) is -3.24. The number of amides is 2. The Kier molecular flexibility index (Phi) is 7.98. The number of nitrogens with zero attached hydrogens (tertiary/aromatic N) is 3. The zero-order chi connectivity index (χ0) is 26.7. The molecule has 0 unspecified atom stereocenters. The number of halogens is 5. The predicted molar refractivity (Wildman–Crippen MR) is 135 cm³/mol. The lowest BCUT2D eigenvalue weighted by molar-refractivity contribution is -0.0964. The summed E-state index contributed by atoms with van der Waals surface area (Å²) in [6.45, 7) is 0.780. The first kappa shape index (κ1) is 26.8. The van der Waals surface area contributed by atoms with Gasteiger partial charge in [-0.15, -0.1) is 8.78 Å². The quantitative estimate of drug-likeness (QED) is 0.269. The van der Waals surface area contributed by atoms with Gasteiger partial charge in [-0.2, -0.15) is 0 Å². The third-order valence-electron chi connectivity index (χ3n) is 5.25. The summed E-state index contributed by atoms with van der Waals surface area (Å²) in [5, 5.41) is 15.3. The molecule has 3 heterocycles. The van der Waals surface area contributed by atoms with E-state index in [1.54, 1.807) is 4.90 Å². The highest BCUT2D eigenvalue weighted by molar-refractivity contribution is 6.35. The minimum absolute atomic E-state index is 0.0539. The van der Waals surface area contributed by atoms with Crippen LogP contribution >= 0.6 is 34.8 Å². The largest absolute Gasteiger partial charge is 0.487 e. The molecule has 3 N–H and O–H groups in total. The van der Waals surface area contributed by atoms with Crippen LogP contribution in [0, 0.1) is 0 Å². The number of aromatic nitrogens is 2. The van der Waals surface area contributed by atoms with Gasteiger partial charge in [0.2, 0.25) is 0 Å². The molecule has 1 aromatic carbocycles. The lowest BCUT2D eigenvalue weighted by Crippen LogP contribution is -2.25. The van der Waals surface area contributed by atoms with Gasteiger partial charge in [0.1, 0.15) is 16.1 Å². The Balaban J connectivity index is 1.57. The molecule has 37 heavy (non-hydrogen) atoms. The van der Waals surface area contributed by atoms with Gasteiger partial charge in [-0.25, -0.2) is 9.97 Å². The number of nitrogens with one attached hydrogen (secondary N) is 2. The van der Waals surface area contributed by atoms with E-state index >= 15 is 0 Å². The topological polar surface area (TPSA) is 117 Å². The van der Waals surface area contributed by atoms with E-state index in [1.165, 1.54) is 48.7 Å². The molecule has 1 fully saturated rings. The molecule has 4 rings (SSSR count). The molecule has 1 aliphatic heterocycles. The predicted octanol–water partition coefficient (Wildman–Crippen LogP) is 5.03. The van der Waals surface area contributed by atoms with E-state index in [0.29, 0.717) is 25.3 Å². The smallest absolute Gasteiger partial charge is 0.420 e. The summed E-state index contributed by atoms with van der Waals surface area (Å²) < 4.78 is 29.8. The normalized spacial score (nSPS) is 15.4. The van der Waals surface area contributed by atoms with Crippen LogP contribution in [0.5, 0.6) is 5.75 Å². The van der Waals surface area contributed by atoms with Crippen molar-refractivity contribution in [2.24, 2.45) is 0 Å². The maximum absolute atomic E-state index is 12.9. The van der Waals surface area contributed by atoms with Gasteiger partial charge in [0.25, 0.3) is 11.8 Å². The van der Waals surface area contributed by atoms with Crippen LogP contribution in [-0.2, 0) is 0 Å². The van der Waals surface area contributed by atoms with Gasteiger partial charge in [-0.3, -0.25) is 9.59 Å². The van der Waals surface area contributed by atoms with Crippen molar-refractivity contribution in [3.8, 4) is 5.75 Å².